The molecule has 28 heavy (non-hydrogen) atoms. The van der Waals surface area contributed by atoms with E-state index < -0.39 is 38.3 Å². The first kappa shape index (κ1) is 20.1. The molecule has 1 atom stereocenters. The molecular formula is C19H20NO7P. The highest BCUT2D eigenvalue weighted by atomic mass is 31.2. The molecule has 1 unspecified atom stereocenters. The Kier molecular flexibility index (Phi) is 5.84. The Morgan fingerprint density at radius 1 is 1.04 bits per heavy atom. The van der Waals surface area contributed by atoms with Crippen molar-refractivity contribution in [2.45, 2.75) is 24.5 Å². The molecular weight excluding hydrogens is 385 g/mol. The second-order valence-corrected chi connectivity index (χ2v) is 8.31. The molecule has 0 heterocycles. The second-order valence-electron chi connectivity index (χ2n) is 6.51. The lowest BCUT2D eigenvalue weighted by Crippen LogP contribution is -2.36. The molecule has 0 saturated heterocycles. The predicted octanol–water partition coefficient (Wildman–Crippen LogP) is 2.89. The Hall–Kier alpha value is -2.67. The summed E-state index contributed by atoms with van der Waals surface area (Å²) in [4.78, 5) is 41.4. The number of rotatable bonds is 7. The molecule has 0 fully saturated rings. The van der Waals surface area contributed by atoms with Crippen molar-refractivity contribution in [1.82, 2.24) is 5.32 Å². The Balaban J connectivity index is 1.69. The van der Waals surface area contributed by atoms with Crippen molar-refractivity contribution >= 4 is 19.7 Å². The van der Waals surface area contributed by atoms with Crippen LogP contribution in [0.3, 0.4) is 0 Å². The number of nitrogens with one attached hydrogen (secondary N) is 1. The molecule has 0 saturated carbocycles. The second kappa shape index (κ2) is 8.14. The van der Waals surface area contributed by atoms with Crippen LogP contribution in [-0.2, 0) is 14.1 Å². The van der Waals surface area contributed by atoms with Gasteiger partial charge in [0.05, 0.1) is 0 Å². The van der Waals surface area contributed by atoms with E-state index >= 15 is 0 Å². The topological polar surface area (TPSA) is 133 Å². The lowest BCUT2D eigenvalue weighted by Gasteiger charge is -2.20. The third-order valence-corrected chi connectivity index (χ3v) is 5.87. The lowest BCUT2D eigenvalue weighted by molar-refractivity contribution is -0.137. The number of alkyl carbamates (subject to hydrolysis) is 1. The molecule has 1 amide bonds. The molecule has 8 nitrogen and oxygen atoms in total. The number of hydrogen-bond acceptors (Lipinski definition) is 4. The van der Waals surface area contributed by atoms with E-state index in [0.29, 0.717) is 0 Å². The zero-order chi connectivity index (χ0) is 20.3. The van der Waals surface area contributed by atoms with Crippen molar-refractivity contribution in [2.75, 3.05) is 6.61 Å². The average Bonchev–Trinajstić information content (AvgIpc) is 2.96. The van der Waals surface area contributed by atoms with Gasteiger partial charge in [0.25, 0.3) is 0 Å². The van der Waals surface area contributed by atoms with Gasteiger partial charge in [0, 0.05) is 12.3 Å². The minimum atomic E-state index is -4.72. The van der Waals surface area contributed by atoms with Gasteiger partial charge in [-0.1, -0.05) is 48.5 Å². The smallest absolute Gasteiger partial charge is 0.407 e. The first-order valence-electron chi connectivity index (χ1n) is 8.66. The highest BCUT2D eigenvalue weighted by Gasteiger charge is 2.33. The molecule has 3 rings (SSSR count). The SMILES string of the molecule is O=C(O)CCC(NC(=O)OCC1c2ccccc2-c2ccccc21)P(=O)(O)O. The number of aliphatic carboxylic acids is 1. The first-order chi connectivity index (χ1) is 13.3. The maximum absolute atomic E-state index is 12.1. The highest BCUT2D eigenvalue weighted by Crippen LogP contribution is 2.45. The van der Waals surface area contributed by atoms with E-state index in [1.807, 2.05) is 48.5 Å². The van der Waals surface area contributed by atoms with Gasteiger partial charge in [0.15, 0.2) is 0 Å². The van der Waals surface area contributed by atoms with Gasteiger partial charge in [-0.2, -0.15) is 0 Å². The van der Waals surface area contributed by atoms with Gasteiger partial charge < -0.3 is 24.9 Å². The van der Waals surface area contributed by atoms with Gasteiger partial charge in [-0.05, 0) is 28.7 Å². The van der Waals surface area contributed by atoms with Crippen LogP contribution in [0, 0.1) is 0 Å². The summed E-state index contributed by atoms with van der Waals surface area (Å²) in [5.41, 5.74) is 4.13. The van der Waals surface area contributed by atoms with Crippen LogP contribution in [0.15, 0.2) is 48.5 Å². The van der Waals surface area contributed by atoms with E-state index in [4.69, 9.17) is 9.84 Å². The van der Waals surface area contributed by atoms with E-state index in [1.54, 1.807) is 0 Å². The third kappa shape index (κ3) is 4.42. The van der Waals surface area contributed by atoms with E-state index in [0.717, 1.165) is 22.3 Å². The van der Waals surface area contributed by atoms with Crippen LogP contribution in [0.1, 0.15) is 29.9 Å². The Bertz CT molecular complexity index is 894. The van der Waals surface area contributed by atoms with Crippen molar-refractivity contribution in [1.29, 1.82) is 0 Å². The minimum Gasteiger partial charge on any atom is -0.481 e. The van der Waals surface area contributed by atoms with E-state index in [-0.39, 0.29) is 12.5 Å². The van der Waals surface area contributed by atoms with Crippen LogP contribution in [0.25, 0.3) is 11.1 Å². The molecule has 1 aliphatic rings. The molecule has 0 aromatic heterocycles. The normalized spacial score (nSPS) is 14.1. The van der Waals surface area contributed by atoms with Crippen LogP contribution in [0.4, 0.5) is 4.79 Å². The maximum Gasteiger partial charge on any atom is 0.407 e. The van der Waals surface area contributed by atoms with Gasteiger partial charge in [0.1, 0.15) is 12.4 Å². The summed E-state index contributed by atoms with van der Waals surface area (Å²) >= 11 is 0. The van der Waals surface area contributed by atoms with Gasteiger partial charge in [-0.15, -0.1) is 0 Å². The fraction of sp³-hybridized carbons (Fsp3) is 0.263. The van der Waals surface area contributed by atoms with Crippen molar-refractivity contribution in [3.63, 3.8) is 0 Å². The molecule has 2 aromatic carbocycles. The number of carbonyl (C=O) groups is 2. The molecule has 0 bridgehead atoms. The largest absolute Gasteiger partial charge is 0.481 e. The molecule has 1 aliphatic carbocycles. The Labute approximate surface area is 161 Å². The quantitative estimate of drug-likeness (QED) is 0.521. The molecule has 0 spiro atoms. The summed E-state index contributed by atoms with van der Waals surface area (Å²) in [6, 6.07) is 15.5. The van der Waals surface area contributed by atoms with E-state index in [9.17, 15) is 23.9 Å². The maximum atomic E-state index is 12.1. The molecule has 2 aromatic rings. The van der Waals surface area contributed by atoms with Crippen molar-refractivity contribution < 1.29 is 33.8 Å². The van der Waals surface area contributed by atoms with Gasteiger partial charge in [0.2, 0.25) is 0 Å². The Morgan fingerprint density at radius 3 is 2.07 bits per heavy atom. The summed E-state index contributed by atoms with van der Waals surface area (Å²) in [6.07, 6.45) is -1.89. The van der Waals surface area contributed by atoms with Crippen LogP contribution >= 0.6 is 7.60 Å². The molecule has 4 N–H and O–H groups in total. The minimum absolute atomic E-state index is 0.00727. The van der Waals surface area contributed by atoms with Gasteiger partial charge in [-0.25, -0.2) is 4.79 Å². The van der Waals surface area contributed by atoms with Crippen molar-refractivity contribution in [2.24, 2.45) is 0 Å². The summed E-state index contributed by atoms with van der Waals surface area (Å²) in [6.45, 7) is -0.00727. The molecule has 0 radical (unpaired) electrons. The number of hydrogen-bond donors (Lipinski definition) is 4. The van der Waals surface area contributed by atoms with E-state index in [2.05, 4.69) is 5.32 Å². The Morgan fingerprint density at radius 2 is 1.57 bits per heavy atom. The number of benzene rings is 2. The number of carboxylic acids is 1. The number of fused-ring (bicyclic) bond motifs is 3. The standard InChI is InChI=1S/C19H20NO7P/c21-18(22)10-9-17(28(24,25)26)20-19(23)27-11-16-14-7-3-1-5-12(14)13-6-2-4-8-15(13)16/h1-8,16-17H,9-11H2,(H,20,23)(H,21,22)(H2,24,25,26). The predicted molar refractivity (Wildman–Crippen MR) is 101 cm³/mol. The molecule has 148 valence electrons. The average molecular weight is 405 g/mol. The lowest BCUT2D eigenvalue weighted by atomic mass is 9.98. The van der Waals surface area contributed by atoms with Crippen LogP contribution < -0.4 is 5.32 Å². The molecule has 0 aliphatic heterocycles. The van der Waals surface area contributed by atoms with Gasteiger partial charge in [-0.3, -0.25) is 9.36 Å². The summed E-state index contributed by atoms with van der Waals surface area (Å²) in [5.74, 6) is -3.02. The number of carbonyl (C=O) groups excluding carboxylic acids is 1. The van der Waals surface area contributed by atoms with Crippen molar-refractivity contribution in [3.05, 3.63) is 59.7 Å². The number of carboxylic acid groups (broad SMARTS) is 1. The zero-order valence-electron chi connectivity index (χ0n) is 14.8. The highest BCUT2D eigenvalue weighted by molar-refractivity contribution is 7.52. The van der Waals surface area contributed by atoms with Crippen LogP contribution in [0.2, 0.25) is 0 Å². The zero-order valence-corrected chi connectivity index (χ0v) is 15.7. The van der Waals surface area contributed by atoms with Gasteiger partial charge >= 0.3 is 19.7 Å². The third-order valence-electron chi connectivity index (χ3n) is 4.67. The van der Waals surface area contributed by atoms with Crippen LogP contribution in [-0.4, -0.2) is 39.3 Å². The monoisotopic (exact) mass is 405 g/mol. The summed E-state index contributed by atoms with van der Waals surface area (Å²) < 4.78 is 16.7. The fourth-order valence-corrected chi connectivity index (χ4v) is 4.10. The fourth-order valence-electron chi connectivity index (χ4n) is 3.36. The molecule has 9 heteroatoms. The summed E-state index contributed by atoms with van der Waals surface area (Å²) in [5, 5.41) is 10.8. The number of amides is 1. The first-order valence-corrected chi connectivity index (χ1v) is 10.3. The van der Waals surface area contributed by atoms with E-state index in [1.165, 1.54) is 0 Å². The van der Waals surface area contributed by atoms with Crippen LogP contribution in [0.5, 0.6) is 0 Å². The number of ether oxygens (including phenoxy) is 1. The van der Waals surface area contributed by atoms with Crippen molar-refractivity contribution in [3.8, 4) is 11.1 Å². The summed E-state index contributed by atoms with van der Waals surface area (Å²) in [7, 11) is -4.72.